The Bertz CT molecular complexity index is 406. The second kappa shape index (κ2) is 5.25. The fourth-order valence-corrected chi connectivity index (χ4v) is 1.09. The maximum Gasteiger partial charge on any atom is 0.311 e. The van der Waals surface area contributed by atoms with Crippen molar-refractivity contribution in [3.8, 4) is 0 Å². The van der Waals surface area contributed by atoms with Crippen LogP contribution in [0.5, 0.6) is 0 Å². The van der Waals surface area contributed by atoms with Crippen molar-refractivity contribution in [3.63, 3.8) is 0 Å². The van der Waals surface area contributed by atoms with Gasteiger partial charge in [-0.1, -0.05) is 18.2 Å². The third-order valence-corrected chi connectivity index (χ3v) is 2.00. The summed E-state index contributed by atoms with van der Waals surface area (Å²) in [7, 11) is 0. The van der Waals surface area contributed by atoms with Gasteiger partial charge < -0.3 is 10.5 Å². The number of halogens is 1. The number of esters is 1. The van der Waals surface area contributed by atoms with Crippen LogP contribution in [0.2, 0.25) is 0 Å². The molecule has 0 unspecified atom stereocenters. The minimum Gasteiger partial charge on any atom is -0.452 e. The average molecular weight is 225 g/mol. The lowest BCUT2D eigenvalue weighted by molar-refractivity contribution is -0.153. The van der Waals surface area contributed by atoms with Gasteiger partial charge in [-0.15, -0.1) is 0 Å². The van der Waals surface area contributed by atoms with Crippen molar-refractivity contribution >= 4 is 11.9 Å². The Morgan fingerprint density at radius 1 is 1.44 bits per heavy atom. The smallest absolute Gasteiger partial charge is 0.311 e. The SMILES string of the molecule is C[C@H](OC(=O)Cc1ccccc1F)C(N)=O. The number of hydrogen-bond acceptors (Lipinski definition) is 3. The zero-order valence-corrected chi connectivity index (χ0v) is 8.77. The number of primary amides is 1. The van der Waals surface area contributed by atoms with E-state index in [0.717, 1.165) is 0 Å². The summed E-state index contributed by atoms with van der Waals surface area (Å²) in [4.78, 5) is 21.9. The number of carbonyl (C=O) groups is 2. The second-order valence-corrected chi connectivity index (χ2v) is 3.30. The molecule has 0 aromatic heterocycles. The fourth-order valence-electron chi connectivity index (χ4n) is 1.09. The monoisotopic (exact) mass is 225 g/mol. The number of nitrogens with two attached hydrogens (primary N) is 1. The molecule has 1 amide bonds. The van der Waals surface area contributed by atoms with Crippen LogP contribution in [0.4, 0.5) is 4.39 Å². The van der Waals surface area contributed by atoms with Gasteiger partial charge in [0.05, 0.1) is 6.42 Å². The van der Waals surface area contributed by atoms with Crippen LogP contribution in [-0.4, -0.2) is 18.0 Å². The van der Waals surface area contributed by atoms with E-state index in [1.165, 1.54) is 25.1 Å². The Kier molecular flexibility index (Phi) is 3.99. The Hall–Kier alpha value is -1.91. The van der Waals surface area contributed by atoms with Gasteiger partial charge in [0.1, 0.15) is 5.82 Å². The van der Waals surface area contributed by atoms with E-state index in [1.807, 2.05) is 0 Å². The maximum atomic E-state index is 13.1. The third kappa shape index (κ3) is 3.34. The minimum absolute atomic E-state index is 0.218. The van der Waals surface area contributed by atoms with E-state index >= 15 is 0 Å². The molecule has 1 atom stereocenters. The number of rotatable bonds is 4. The van der Waals surface area contributed by atoms with Crippen molar-refractivity contribution in [1.29, 1.82) is 0 Å². The molecule has 0 saturated carbocycles. The molecule has 0 bridgehead atoms. The average Bonchev–Trinajstić information content (AvgIpc) is 2.21. The Balaban J connectivity index is 2.59. The largest absolute Gasteiger partial charge is 0.452 e. The Morgan fingerprint density at radius 2 is 2.06 bits per heavy atom. The first kappa shape index (κ1) is 12.2. The molecule has 0 aliphatic carbocycles. The van der Waals surface area contributed by atoms with Crippen LogP contribution >= 0.6 is 0 Å². The van der Waals surface area contributed by atoms with Gasteiger partial charge >= 0.3 is 5.97 Å². The van der Waals surface area contributed by atoms with E-state index < -0.39 is 23.8 Å². The highest BCUT2D eigenvalue weighted by atomic mass is 19.1. The van der Waals surface area contributed by atoms with Gasteiger partial charge in [-0.2, -0.15) is 0 Å². The summed E-state index contributed by atoms with van der Waals surface area (Å²) in [6.07, 6.45) is -1.22. The van der Waals surface area contributed by atoms with Crippen molar-refractivity contribution in [1.82, 2.24) is 0 Å². The van der Waals surface area contributed by atoms with Gasteiger partial charge in [0.25, 0.3) is 5.91 Å². The quantitative estimate of drug-likeness (QED) is 0.770. The summed E-state index contributed by atoms with van der Waals surface area (Å²) in [6, 6.07) is 5.87. The van der Waals surface area contributed by atoms with E-state index in [2.05, 4.69) is 0 Å². The molecule has 0 radical (unpaired) electrons. The molecule has 1 aromatic rings. The normalized spacial score (nSPS) is 11.9. The topological polar surface area (TPSA) is 69.4 Å². The van der Waals surface area contributed by atoms with Crippen LogP contribution < -0.4 is 5.73 Å². The van der Waals surface area contributed by atoms with E-state index in [-0.39, 0.29) is 12.0 Å². The van der Waals surface area contributed by atoms with Crippen LogP contribution in [0.3, 0.4) is 0 Å². The van der Waals surface area contributed by atoms with Crippen molar-refractivity contribution in [3.05, 3.63) is 35.6 Å². The summed E-state index contributed by atoms with van der Waals surface area (Å²) in [5.41, 5.74) is 5.14. The number of benzene rings is 1. The number of hydrogen-bond donors (Lipinski definition) is 1. The van der Waals surface area contributed by atoms with Gasteiger partial charge in [0, 0.05) is 0 Å². The van der Waals surface area contributed by atoms with Crippen LogP contribution in [0, 0.1) is 5.82 Å². The standard InChI is InChI=1S/C11H12FNO3/c1-7(11(13)15)16-10(14)6-8-4-2-3-5-9(8)12/h2-5,7H,6H2,1H3,(H2,13,15)/t7-/m0/s1. The maximum absolute atomic E-state index is 13.1. The molecule has 86 valence electrons. The summed E-state index contributed by atoms with van der Waals surface area (Å²) < 4.78 is 17.8. The van der Waals surface area contributed by atoms with Crippen LogP contribution in [0.1, 0.15) is 12.5 Å². The predicted molar refractivity (Wildman–Crippen MR) is 54.9 cm³/mol. The van der Waals surface area contributed by atoms with Gasteiger partial charge in [-0.3, -0.25) is 9.59 Å². The zero-order chi connectivity index (χ0) is 12.1. The summed E-state index contributed by atoms with van der Waals surface area (Å²) >= 11 is 0. The summed E-state index contributed by atoms with van der Waals surface area (Å²) in [6.45, 7) is 1.36. The molecule has 5 heteroatoms. The van der Waals surface area contributed by atoms with Crippen molar-refractivity contribution in [2.75, 3.05) is 0 Å². The molecule has 0 aliphatic rings. The summed E-state index contributed by atoms with van der Waals surface area (Å²) in [5.74, 6) is -1.90. The second-order valence-electron chi connectivity index (χ2n) is 3.30. The predicted octanol–water partition coefficient (Wildman–Crippen LogP) is 0.785. The van der Waals surface area contributed by atoms with Crippen molar-refractivity contribution in [2.45, 2.75) is 19.4 Å². The molecule has 1 aromatic carbocycles. The fraction of sp³-hybridized carbons (Fsp3) is 0.273. The van der Waals surface area contributed by atoms with Gasteiger partial charge in [-0.05, 0) is 18.6 Å². The molecule has 4 nitrogen and oxygen atoms in total. The minimum atomic E-state index is -1.00. The third-order valence-electron chi connectivity index (χ3n) is 2.00. The molecule has 2 N–H and O–H groups in total. The van der Waals surface area contributed by atoms with Gasteiger partial charge in [0.15, 0.2) is 6.10 Å². The molecule has 0 saturated heterocycles. The van der Waals surface area contributed by atoms with Crippen molar-refractivity contribution in [2.24, 2.45) is 5.73 Å². The lowest BCUT2D eigenvalue weighted by atomic mass is 10.1. The number of amides is 1. The van der Waals surface area contributed by atoms with E-state index in [9.17, 15) is 14.0 Å². The Morgan fingerprint density at radius 3 is 2.62 bits per heavy atom. The molecule has 0 heterocycles. The number of ether oxygens (including phenoxy) is 1. The molecule has 0 spiro atoms. The van der Waals surface area contributed by atoms with Gasteiger partial charge in [-0.25, -0.2) is 4.39 Å². The van der Waals surface area contributed by atoms with Crippen LogP contribution in [0.25, 0.3) is 0 Å². The van der Waals surface area contributed by atoms with Crippen LogP contribution in [-0.2, 0) is 20.7 Å². The van der Waals surface area contributed by atoms with E-state index in [0.29, 0.717) is 0 Å². The molecule has 0 fully saturated rings. The highest BCUT2D eigenvalue weighted by Crippen LogP contribution is 2.08. The van der Waals surface area contributed by atoms with Crippen LogP contribution in [0.15, 0.2) is 24.3 Å². The van der Waals surface area contributed by atoms with Crippen molar-refractivity contribution < 1.29 is 18.7 Å². The first-order valence-electron chi connectivity index (χ1n) is 4.73. The molecular weight excluding hydrogens is 213 g/mol. The van der Waals surface area contributed by atoms with Gasteiger partial charge in [0.2, 0.25) is 0 Å². The lowest BCUT2D eigenvalue weighted by Gasteiger charge is -2.09. The molecule has 16 heavy (non-hydrogen) atoms. The first-order valence-corrected chi connectivity index (χ1v) is 4.73. The van der Waals surface area contributed by atoms with E-state index in [1.54, 1.807) is 6.07 Å². The first-order chi connectivity index (χ1) is 7.50. The lowest BCUT2D eigenvalue weighted by Crippen LogP contribution is -2.31. The molecule has 0 aliphatic heterocycles. The molecular formula is C11H12FNO3. The van der Waals surface area contributed by atoms with E-state index in [4.69, 9.17) is 10.5 Å². The Labute approximate surface area is 92.2 Å². The number of carbonyl (C=O) groups excluding carboxylic acids is 2. The highest BCUT2D eigenvalue weighted by molar-refractivity contribution is 5.82. The zero-order valence-electron chi connectivity index (χ0n) is 8.77. The summed E-state index contributed by atoms with van der Waals surface area (Å²) in [5, 5.41) is 0. The molecule has 1 rings (SSSR count). The highest BCUT2D eigenvalue weighted by Gasteiger charge is 2.15.